The lowest BCUT2D eigenvalue weighted by atomic mass is 10.1. The van der Waals surface area contributed by atoms with Gasteiger partial charge in [0.1, 0.15) is 5.03 Å². The van der Waals surface area contributed by atoms with Crippen molar-refractivity contribution in [1.29, 1.82) is 0 Å². The number of aromatic nitrogens is 1. The maximum Gasteiger partial charge on any atom is 0.252 e. The first-order chi connectivity index (χ1) is 15.1. The van der Waals surface area contributed by atoms with Gasteiger partial charge >= 0.3 is 0 Å². The number of hydrogen-bond donors (Lipinski definition) is 1. The van der Waals surface area contributed by atoms with Crippen molar-refractivity contribution in [3.05, 3.63) is 65.2 Å². The predicted octanol–water partition coefficient (Wildman–Crippen LogP) is 6.28. The summed E-state index contributed by atoms with van der Waals surface area (Å²) in [5, 5.41) is 5.47. The van der Waals surface area contributed by atoms with E-state index in [2.05, 4.69) is 24.1 Å². The second kappa shape index (κ2) is 12.1. The lowest BCUT2D eigenvalue weighted by molar-refractivity contribution is 0.0953. The highest BCUT2D eigenvalue weighted by Crippen LogP contribution is 2.30. The fraction of sp³-hybridized carbons (Fsp3) is 0.360. The highest BCUT2D eigenvalue weighted by Gasteiger charge is 2.14. The van der Waals surface area contributed by atoms with Crippen molar-refractivity contribution in [2.24, 2.45) is 0 Å². The van der Waals surface area contributed by atoms with E-state index in [0.29, 0.717) is 17.1 Å². The first-order valence-corrected chi connectivity index (χ1v) is 12.1. The first kappa shape index (κ1) is 23.6. The molecule has 6 heteroatoms. The molecule has 0 aliphatic carbocycles. The zero-order valence-corrected chi connectivity index (χ0v) is 19.8. The van der Waals surface area contributed by atoms with Crippen LogP contribution < -0.4 is 5.32 Å². The number of halogens is 1. The van der Waals surface area contributed by atoms with E-state index in [9.17, 15) is 4.79 Å². The minimum absolute atomic E-state index is 0.0480. The summed E-state index contributed by atoms with van der Waals surface area (Å²) in [7, 11) is 0. The summed E-state index contributed by atoms with van der Waals surface area (Å²) in [4.78, 5) is 21.2. The van der Waals surface area contributed by atoms with Crippen LogP contribution in [0.2, 0.25) is 5.02 Å². The number of nitrogens with one attached hydrogen (secondary N) is 1. The van der Waals surface area contributed by atoms with Crippen molar-refractivity contribution in [1.82, 2.24) is 15.2 Å². The molecule has 0 aliphatic heterocycles. The third-order valence-corrected chi connectivity index (χ3v) is 6.36. The van der Waals surface area contributed by atoms with Gasteiger partial charge in [-0.25, -0.2) is 4.98 Å². The van der Waals surface area contributed by atoms with Crippen molar-refractivity contribution in [3.8, 4) is 0 Å². The van der Waals surface area contributed by atoms with Crippen LogP contribution in [0.25, 0.3) is 10.9 Å². The van der Waals surface area contributed by atoms with Crippen LogP contribution in [0, 0.1) is 0 Å². The molecule has 2 aromatic carbocycles. The van der Waals surface area contributed by atoms with Crippen LogP contribution in [0.4, 0.5) is 0 Å². The largest absolute Gasteiger partial charge is 0.352 e. The van der Waals surface area contributed by atoms with E-state index in [1.165, 1.54) is 24.6 Å². The molecule has 0 bridgehead atoms. The maximum absolute atomic E-state index is 13.0. The molecule has 3 rings (SSSR count). The van der Waals surface area contributed by atoms with Crippen molar-refractivity contribution >= 4 is 40.2 Å². The number of hydrogen-bond acceptors (Lipinski definition) is 4. The van der Waals surface area contributed by atoms with Gasteiger partial charge in [-0.05, 0) is 68.9 Å². The molecule has 4 nitrogen and oxygen atoms in total. The fourth-order valence-electron chi connectivity index (χ4n) is 3.42. The average molecular weight is 456 g/mol. The summed E-state index contributed by atoms with van der Waals surface area (Å²) in [5.41, 5.74) is 1.49. The molecule has 1 amide bonds. The summed E-state index contributed by atoms with van der Waals surface area (Å²) < 4.78 is 0. The summed E-state index contributed by atoms with van der Waals surface area (Å²) in [6.07, 6.45) is 3.37. The van der Waals surface area contributed by atoms with Gasteiger partial charge in [-0.2, -0.15) is 0 Å². The molecule has 0 aliphatic rings. The highest BCUT2D eigenvalue weighted by molar-refractivity contribution is 7.99. The van der Waals surface area contributed by atoms with E-state index >= 15 is 0 Å². The molecule has 1 aromatic heterocycles. The Bertz CT molecular complexity index is 994. The Morgan fingerprint density at radius 1 is 1.06 bits per heavy atom. The molecule has 164 valence electrons. The van der Waals surface area contributed by atoms with Crippen molar-refractivity contribution in [2.45, 2.75) is 43.0 Å². The number of benzene rings is 2. The normalized spacial score (nSPS) is 11.2. The van der Waals surface area contributed by atoms with Gasteiger partial charge < -0.3 is 10.2 Å². The summed E-state index contributed by atoms with van der Waals surface area (Å²) in [6, 6.07) is 17.3. The van der Waals surface area contributed by atoms with Gasteiger partial charge in [0.2, 0.25) is 0 Å². The fourth-order valence-corrected chi connectivity index (χ4v) is 4.38. The zero-order valence-electron chi connectivity index (χ0n) is 18.2. The minimum atomic E-state index is -0.0480. The Morgan fingerprint density at radius 2 is 1.81 bits per heavy atom. The van der Waals surface area contributed by atoms with E-state index in [4.69, 9.17) is 16.6 Å². The zero-order chi connectivity index (χ0) is 22.1. The van der Waals surface area contributed by atoms with Gasteiger partial charge in [0, 0.05) is 21.8 Å². The molecule has 0 spiro atoms. The Kier molecular flexibility index (Phi) is 9.19. The lowest BCUT2D eigenvalue weighted by Crippen LogP contribution is -2.30. The molecule has 3 aromatic rings. The van der Waals surface area contributed by atoms with Crippen LogP contribution in [0.15, 0.2) is 64.5 Å². The number of rotatable bonds is 11. The van der Waals surface area contributed by atoms with Crippen LogP contribution in [-0.2, 0) is 0 Å². The number of fused-ring (bicyclic) bond motifs is 1. The number of pyridine rings is 1. The third kappa shape index (κ3) is 6.96. The van der Waals surface area contributed by atoms with E-state index in [-0.39, 0.29) is 5.91 Å². The maximum atomic E-state index is 13.0. The Hall–Kier alpha value is -2.08. The third-order valence-electron chi connectivity index (χ3n) is 5.19. The predicted molar refractivity (Wildman–Crippen MR) is 131 cm³/mol. The molecular formula is C25H30ClN3OS. The number of amides is 1. The molecule has 0 radical (unpaired) electrons. The quantitative estimate of drug-likeness (QED) is 0.345. The number of carbonyl (C=O) groups is 1. The average Bonchev–Trinajstić information content (AvgIpc) is 2.79. The molecule has 1 heterocycles. The van der Waals surface area contributed by atoms with Gasteiger partial charge in [0.15, 0.2) is 0 Å². The molecule has 0 saturated carbocycles. The highest BCUT2D eigenvalue weighted by atomic mass is 35.5. The Labute approximate surface area is 194 Å². The second-order valence-corrected chi connectivity index (χ2v) is 9.01. The first-order valence-electron chi connectivity index (χ1n) is 10.9. The van der Waals surface area contributed by atoms with Gasteiger partial charge in [0.25, 0.3) is 5.91 Å². The second-order valence-electron chi connectivity index (χ2n) is 7.48. The Morgan fingerprint density at radius 3 is 2.55 bits per heavy atom. The lowest BCUT2D eigenvalue weighted by Gasteiger charge is -2.20. The SMILES string of the molecule is CCCCN(CC)CCCNC(=O)c1cc(Sc2ccc(Cl)cc2)nc2ccccc12. The van der Waals surface area contributed by atoms with Gasteiger partial charge in [0.05, 0.1) is 11.1 Å². The summed E-state index contributed by atoms with van der Waals surface area (Å²) >= 11 is 7.52. The molecule has 31 heavy (non-hydrogen) atoms. The molecule has 0 fully saturated rings. The smallest absolute Gasteiger partial charge is 0.252 e. The van der Waals surface area contributed by atoms with Crippen molar-refractivity contribution in [3.63, 3.8) is 0 Å². The van der Waals surface area contributed by atoms with E-state index < -0.39 is 0 Å². The standard InChI is InChI=1S/C25H30ClN3OS/c1-3-5-16-29(4-2)17-8-15-27-25(30)22-18-24(28-23-10-7-6-9-21(22)23)31-20-13-11-19(26)12-14-20/h6-7,9-14,18H,3-5,8,15-17H2,1-2H3,(H,27,30). The van der Waals surface area contributed by atoms with Crippen LogP contribution in [-0.4, -0.2) is 42.0 Å². The van der Waals surface area contributed by atoms with Gasteiger partial charge in [-0.15, -0.1) is 0 Å². The van der Waals surface area contributed by atoms with Crippen LogP contribution in [0.3, 0.4) is 0 Å². The summed E-state index contributed by atoms with van der Waals surface area (Å²) in [5.74, 6) is -0.0480. The van der Waals surface area contributed by atoms with Crippen LogP contribution in [0.1, 0.15) is 43.5 Å². The Balaban J connectivity index is 1.69. The molecule has 1 N–H and O–H groups in total. The number of nitrogens with zero attached hydrogens (tertiary/aromatic N) is 2. The minimum Gasteiger partial charge on any atom is -0.352 e. The van der Waals surface area contributed by atoms with Crippen LogP contribution >= 0.6 is 23.4 Å². The number of para-hydroxylation sites is 1. The molecular weight excluding hydrogens is 426 g/mol. The van der Waals surface area contributed by atoms with Gasteiger partial charge in [-0.3, -0.25) is 4.79 Å². The molecule has 0 unspecified atom stereocenters. The monoisotopic (exact) mass is 455 g/mol. The van der Waals surface area contributed by atoms with Crippen molar-refractivity contribution < 1.29 is 4.79 Å². The van der Waals surface area contributed by atoms with Crippen LogP contribution in [0.5, 0.6) is 0 Å². The van der Waals surface area contributed by atoms with Crippen molar-refractivity contribution in [2.75, 3.05) is 26.2 Å². The molecule has 0 saturated heterocycles. The molecule has 0 atom stereocenters. The number of unbranched alkanes of at least 4 members (excludes halogenated alkanes) is 1. The van der Waals surface area contributed by atoms with E-state index in [1.54, 1.807) is 0 Å². The number of carbonyl (C=O) groups excluding carboxylic acids is 1. The van der Waals surface area contributed by atoms with E-state index in [1.807, 2.05) is 54.6 Å². The van der Waals surface area contributed by atoms with Gasteiger partial charge in [-0.1, -0.05) is 61.8 Å². The summed E-state index contributed by atoms with van der Waals surface area (Å²) in [6.45, 7) is 8.25. The topological polar surface area (TPSA) is 45.2 Å². The van der Waals surface area contributed by atoms with E-state index in [0.717, 1.165) is 46.9 Å².